The summed E-state index contributed by atoms with van der Waals surface area (Å²) in [6.45, 7) is -0.00449. The van der Waals surface area contributed by atoms with Gasteiger partial charge in [0.1, 0.15) is 11.5 Å². The van der Waals surface area contributed by atoms with Crippen molar-refractivity contribution in [1.82, 2.24) is 9.88 Å². The lowest BCUT2D eigenvalue weighted by atomic mass is 10.2. The molecule has 0 bridgehead atoms. The number of amides is 1. The summed E-state index contributed by atoms with van der Waals surface area (Å²) in [6.07, 6.45) is 0.376. The van der Waals surface area contributed by atoms with Gasteiger partial charge in [-0.05, 0) is 24.3 Å². The molecule has 1 aromatic heterocycles. The molecule has 0 spiro atoms. The summed E-state index contributed by atoms with van der Waals surface area (Å²) in [5.74, 6) is -0.772. The molecule has 3 rings (SSSR count). The standard InChI is InChI=1S/C14H10BrFN2O2/c15-9-4-3-8(11(16)6-9)7-18-13(19)10-2-1-5-17-12(10)14(18)20/h1-6,14,20H,7H2. The van der Waals surface area contributed by atoms with Crippen molar-refractivity contribution in [1.29, 1.82) is 0 Å². The molecule has 20 heavy (non-hydrogen) atoms. The molecule has 1 unspecified atom stereocenters. The minimum absolute atomic E-state index is 0.00449. The third kappa shape index (κ3) is 2.10. The zero-order valence-electron chi connectivity index (χ0n) is 10.3. The van der Waals surface area contributed by atoms with Crippen LogP contribution in [0.4, 0.5) is 4.39 Å². The van der Waals surface area contributed by atoms with Gasteiger partial charge in [-0.2, -0.15) is 0 Å². The van der Waals surface area contributed by atoms with Crippen molar-refractivity contribution in [2.24, 2.45) is 0 Å². The third-order valence-corrected chi connectivity index (χ3v) is 3.72. The Kier molecular flexibility index (Phi) is 3.27. The van der Waals surface area contributed by atoms with Crippen LogP contribution in [0.5, 0.6) is 0 Å². The SMILES string of the molecule is O=C1c2cccnc2C(O)N1Cc1ccc(Br)cc1F. The number of hydrogen-bond donors (Lipinski definition) is 1. The van der Waals surface area contributed by atoms with Crippen molar-refractivity contribution in [2.75, 3.05) is 0 Å². The zero-order valence-corrected chi connectivity index (χ0v) is 11.8. The van der Waals surface area contributed by atoms with Crippen molar-refractivity contribution < 1.29 is 14.3 Å². The summed E-state index contributed by atoms with van der Waals surface area (Å²) in [4.78, 5) is 17.4. The summed E-state index contributed by atoms with van der Waals surface area (Å²) >= 11 is 3.18. The van der Waals surface area contributed by atoms with Crippen LogP contribution in [0.3, 0.4) is 0 Å². The molecule has 4 nitrogen and oxygen atoms in total. The summed E-state index contributed by atoms with van der Waals surface area (Å²) in [5.41, 5.74) is 1.01. The van der Waals surface area contributed by atoms with Crippen LogP contribution in [0, 0.1) is 5.82 Å². The van der Waals surface area contributed by atoms with Crippen LogP contribution in [-0.4, -0.2) is 20.9 Å². The maximum atomic E-state index is 13.8. The number of carbonyl (C=O) groups is 1. The van der Waals surface area contributed by atoms with Crippen LogP contribution in [-0.2, 0) is 6.54 Å². The molecule has 102 valence electrons. The molecule has 0 saturated heterocycles. The van der Waals surface area contributed by atoms with Gasteiger partial charge in [0.15, 0.2) is 6.23 Å². The van der Waals surface area contributed by atoms with Crippen LogP contribution in [0.2, 0.25) is 0 Å². The molecule has 1 aromatic carbocycles. The van der Waals surface area contributed by atoms with E-state index < -0.39 is 12.0 Å². The molecule has 1 N–H and O–H groups in total. The first-order valence-electron chi connectivity index (χ1n) is 5.96. The number of carbonyl (C=O) groups excluding carboxylic acids is 1. The van der Waals surface area contributed by atoms with Gasteiger partial charge >= 0.3 is 0 Å². The summed E-state index contributed by atoms with van der Waals surface area (Å²) in [5, 5.41) is 10.1. The molecule has 0 aliphatic carbocycles. The second-order valence-electron chi connectivity index (χ2n) is 4.48. The van der Waals surface area contributed by atoms with E-state index in [-0.39, 0.29) is 12.5 Å². The number of rotatable bonds is 2. The van der Waals surface area contributed by atoms with Crippen LogP contribution in [0.15, 0.2) is 41.0 Å². The maximum Gasteiger partial charge on any atom is 0.258 e. The van der Waals surface area contributed by atoms with Crippen molar-refractivity contribution in [2.45, 2.75) is 12.8 Å². The number of aromatic nitrogens is 1. The molecule has 1 aliphatic heterocycles. The summed E-state index contributed by atoms with van der Waals surface area (Å²) in [6, 6.07) is 7.83. The van der Waals surface area contributed by atoms with Gasteiger partial charge < -0.3 is 10.0 Å². The highest BCUT2D eigenvalue weighted by molar-refractivity contribution is 9.10. The summed E-state index contributed by atoms with van der Waals surface area (Å²) < 4.78 is 14.4. The molecule has 1 amide bonds. The lowest BCUT2D eigenvalue weighted by molar-refractivity contribution is 0.0116. The molecule has 2 heterocycles. The second kappa shape index (κ2) is 4.96. The highest BCUT2D eigenvalue weighted by Gasteiger charge is 2.36. The minimum Gasteiger partial charge on any atom is -0.368 e. The second-order valence-corrected chi connectivity index (χ2v) is 5.39. The molecule has 0 fully saturated rings. The molecule has 0 saturated carbocycles. The van der Waals surface area contributed by atoms with E-state index in [1.54, 1.807) is 24.3 Å². The maximum absolute atomic E-state index is 13.8. The molecule has 0 radical (unpaired) electrons. The average molecular weight is 337 g/mol. The summed E-state index contributed by atoms with van der Waals surface area (Å²) in [7, 11) is 0. The van der Waals surface area contributed by atoms with E-state index in [4.69, 9.17) is 0 Å². The predicted molar refractivity (Wildman–Crippen MR) is 73.2 cm³/mol. The Hall–Kier alpha value is -1.79. The van der Waals surface area contributed by atoms with Crippen LogP contribution < -0.4 is 0 Å². The average Bonchev–Trinajstić information content (AvgIpc) is 2.67. The largest absolute Gasteiger partial charge is 0.368 e. The number of fused-ring (bicyclic) bond motifs is 1. The number of aliphatic hydroxyl groups excluding tert-OH is 1. The quantitative estimate of drug-likeness (QED) is 0.917. The first-order chi connectivity index (χ1) is 9.58. The van der Waals surface area contributed by atoms with Gasteiger partial charge in [0.25, 0.3) is 5.91 Å². The van der Waals surface area contributed by atoms with Gasteiger partial charge in [-0.15, -0.1) is 0 Å². The zero-order chi connectivity index (χ0) is 14.3. The Bertz CT molecular complexity index is 693. The first-order valence-corrected chi connectivity index (χ1v) is 6.75. The number of hydrogen-bond acceptors (Lipinski definition) is 3. The molecular formula is C14H10BrFN2O2. The van der Waals surface area contributed by atoms with Crippen LogP contribution >= 0.6 is 15.9 Å². The van der Waals surface area contributed by atoms with Crippen molar-refractivity contribution >= 4 is 21.8 Å². The Balaban J connectivity index is 1.91. The molecule has 1 aliphatic rings. The topological polar surface area (TPSA) is 53.4 Å². The number of benzene rings is 1. The van der Waals surface area contributed by atoms with E-state index in [9.17, 15) is 14.3 Å². The smallest absolute Gasteiger partial charge is 0.258 e. The Labute approximate surface area is 123 Å². The fourth-order valence-electron chi connectivity index (χ4n) is 2.21. The van der Waals surface area contributed by atoms with E-state index in [0.717, 1.165) is 0 Å². The van der Waals surface area contributed by atoms with Gasteiger partial charge in [0.05, 0.1) is 12.1 Å². The van der Waals surface area contributed by atoms with Gasteiger partial charge in [0.2, 0.25) is 0 Å². The highest BCUT2D eigenvalue weighted by Crippen LogP contribution is 2.31. The first kappa shape index (κ1) is 13.2. The van der Waals surface area contributed by atoms with Gasteiger partial charge in [-0.3, -0.25) is 9.78 Å². The monoisotopic (exact) mass is 336 g/mol. The van der Waals surface area contributed by atoms with Gasteiger partial charge in [0, 0.05) is 16.2 Å². The number of nitrogens with zero attached hydrogens (tertiary/aromatic N) is 2. The predicted octanol–water partition coefficient (Wildman–Crippen LogP) is 2.63. The van der Waals surface area contributed by atoms with Gasteiger partial charge in [-0.1, -0.05) is 22.0 Å². The number of aliphatic hydroxyl groups is 1. The van der Waals surface area contributed by atoms with E-state index in [2.05, 4.69) is 20.9 Å². The molecule has 2 aromatic rings. The lowest BCUT2D eigenvalue weighted by Crippen LogP contribution is -2.27. The Morgan fingerprint density at radius 1 is 1.40 bits per heavy atom. The van der Waals surface area contributed by atoms with Crippen molar-refractivity contribution in [3.63, 3.8) is 0 Å². The van der Waals surface area contributed by atoms with Gasteiger partial charge in [-0.25, -0.2) is 4.39 Å². The number of halogens is 2. The third-order valence-electron chi connectivity index (χ3n) is 3.23. The normalized spacial score (nSPS) is 17.4. The van der Waals surface area contributed by atoms with Crippen molar-refractivity contribution in [3.05, 3.63) is 63.6 Å². The highest BCUT2D eigenvalue weighted by atomic mass is 79.9. The fraction of sp³-hybridized carbons (Fsp3) is 0.143. The minimum atomic E-state index is -1.14. The van der Waals surface area contributed by atoms with Crippen LogP contribution in [0.1, 0.15) is 27.8 Å². The molecular weight excluding hydrogens is 327 g/mol. The van der Waals surface area contributed by atoms with Crippen LogP contribution in [0.25, 0.3) is 0 Å². The van der Waals surface area contributed by atoms with Crippen molar-refractivity contribution in [3.8, 4) is 0 Å². The van der Waals surface area contributed by atoms with E-state index >= 15 is 0 Å². The number of pyridine rings is 1. The Morgan fingerprint density at radius 2 is 2.20 bits per heavy atom. The molecule has 1 atom stereocenters. The van der Waals surface area contributed by atoms with E-state index in [0.29, 0.717) is 21.3 Å². The molecule has 6 heteroatoms. The van der Waals surface area contributed by atoms with E-state index in [1.807, 2.05) is 0 Å². The lowest BCUT2D eigenvalue weighted by Gasteiger charge is -2.20. The Morgan fingerprint density at radius 3 is 2.90 bits per heavy atom. The van der Waals surface area contributed by atoms with E-state index in [1.165, 1.54) is 17.2 Å². The fourth-order valence-corrected chi connectivity index (χ4v) is 2.54.